The van der Waals surface area contributed by atoms with E-state index >= 15 is 0 Å². The molecule has 2 saturated heterocycles. The zero-order chi connectivity index (χ0) is 25.9. The van der Waals surface area contributed by atoms with Crippen molar-refractivity contribution in [3.05, 3.63) is 52.1 Å². The third-order valence-electron chi connectivity index (χ3n) is 6.83. The highest BCUT2D eigenvalue weighted by atomic mass is 35.5. The lowest BCUT2D eigenvalue weighted by atomic mass is 10.1. The van der Waals surface area contributed by atoms with E-state index in [4.69, 9.17) is 43.1 Å². The molecule has 2 aromatic heterocycles. The van der Waals surface area contributed by atoms with E-state index in [0.717, 1.165) is 37.1 Å². The Kier molecular flexibility index (Phi) is 8.04. The summed E-state index contributed by atoms with van der Waals surface area (Å²) in [4.78, 5) is 4.31. The third-order valence-corrected chi connectivity index (χ3v) is 7.60. The van der Waals surface area contributed by atoms with E-state index in [9.17, 15) is 4.39 Å². The minimum Gasteiger partial charge on any atom is -0.489 e. The smallest absolute Gasteiger partial charge is 0.166 e. The monoisotopic (exact) mass is 549 g/mol. The number of aromatic nitrogens is 3. The number of nitrogens with two attached hydrogens (primary N) is 1. The molecule has 3 aromatic rings. The molecule has 5 rings (SSSR count). The number of hydrogen-bond donors (Lipinski definition) is 2. The summed E-state index contributed by atoms with van der Waals surface area (Å²) in [6.45, 7) is 4.86. The summed E-state index contributed by atoms with van der Waals surface area (Å²) in [6.07, 6.45) is 8.11. The van der Waals surface area contributed by atoms with Crippen LogP contribution in [0.2, 0.25) is 10.0 Å². The van der Waals surface area contributed by atoms with Crippen molar-refractivity contribution in [2.24, 2.45) is 0 Å². The van der Waals surface area contributed by atoms with Gasteiger partial charge in [-0.25, -0.2) is 9.37 Å². The number of anilines is 1. The highest BCUT2D eigenvalue weighted by Gasteiger charge is 2.26. The zero-order valence-corrected chi connectivity index (χ0v) is 22.1. The van der Waals surface area contributed by atoms with Crippen molar-refractivity contribution in [3.8, 4) is 22.6 Å². The van der Waals surface area contributed by atoms with Crippen LogP contribution >= 0.6 is 23.2 Å². The second-order valence-electron chi connectivity index (χ2n) is 9.39. The van der Waals surface area contributed by atoms with Gasteiger partial charge >= 0.3 is 0 Å². The average molecular weight is 550 g/mol. The summed E-state index contributed by atoms with van der Waals surface area (Å²) in [5, 5.41) is 8.01. The van der Waals surface area contributed by atoms with E-state index in [-0.39, 0.29) is 33.3 Å². The molecule has 2 aliphatic rings. The van der Waals surface area contributed by atoms with Crippen molar-refractivity contribution in [1.29, 1.82) is 0 Å². The first-order valence-electron chi connectivity index (χ1n) is 12.5. The first-order chi connectivity index (χ1) is 17.9. The number of nitrogens with one attached hydrogen (secondary N) is 1. The number of rotatable bonds is 7. The number of nitrogen functional groups attached to an aromatic ring is 1. The molecule has 2 aliphatic heterocycles. The molecule has 1 aromatic carbocycles. The number of benzene rings is 1. The summed E-state index contributed by atoms with van der Waals surface area (Å²) in [5.74, 6) is 0.126. The molecule has 0 spiro atoms. The molecular formula is C26H30Cl2FN5O3. The van der Waals surface area contributed by atoms with Gasteiger partial charge in [0, 0.05) is 48.0 Å². The quantitative estimate of drug-likeness (QED) is 0.370. The number of piperidine rings is 1. The molecule has 11 heteroatoms. The molecule has 8 nitrogen and oxygen atoms in total. The molecule has 0 amide bonds. The van der Waals surface area contributed by atoms with Crippen LogP contribution in [0.1, 0.15) is 50.3 Å². The molecule has 37 heavy (non-hydrogen) atoms. The molecule has 0 aliphatic carbocycles. The fourth-order valence-corrected chi connectivity index (χ4v) is 5.43. The number of halogens is 3. The van der Waals surface area contributed by atoms with Crippen molar-refractivity contribution >= 4 is 29.0 Å². The Morgan fingerprint density at radius 2 is 1.84 bits per heavy atom. The summed E-state index contributed by atoms with van der Waals surface area (Å²) in [6, 6.07) is 3.37. The van der Waals surface area contributed by atoms with Crippen LogP contribution in [0.3, 0.4) is 0 Å². The van der Waals surface area contributed by atoms with E-state index < -0.39 is 11.9 Å². The third kappa shape index (κ3) is 5.80. The van der Waals surface area contributed by atoms with E-state index in [1.165, 1.54) is 6.07 Å². The van der Waals surface area contributed by atoms with E-state index in [2.05, 4.69) is 15.4 Å². The summed E-state index contributed by atoms with van der Waals surface area (Å²) in [5.41, 5.74) is 8.12. The van der Waals surface area contributed by atoms with Gasteiger partial charge in [-0.2, -0.15) is 5.10 Å². The van der Waals surface area contributed by atoms with Crippen molar-refractivity contribution in [2.45, 2.75) is 50.9 Å². The van der Waals surface area contributed by atoms with Crippen molar-refractivity contribution < 1.29 is 18.6 Å². The molecular weight excluding hydrogens is 520 g/mol. The Morgan fingerprint density at radius 3 is 2.59 bits per heavy atom. The Morgan fingerprint density at radius 1 is 1.08 bits per heavy atom. The molecule has 2 fully saturated rings. The number of ether oxygens (including phenoxy) is 3. The maximum atomic E-state index is 14.8. The predicted octanol–water partition coefficient (Wildman–Crippen LogP) is 5.60. The molecule has 1 atom stereocenters. The lowest BCUT2D eigenvalue weighted by Crippen LogP contribution is -2.29. The molecule has 0 radical (unpaired) electrons. The average Bonchev–Trinajstić information content (AvgIpc) is 3.40. The second-order valence-corrected chi connectivity index (χ2v) is 10.1. The van der Waals surface area contributed by atoms with E-state index in [1.54, 1.807) is 19.2 Å². The van der Waals surface area contributed by atoms with Crippen molar-refractivity contribution in [2.75, 3.05) is 32.0 Å². The van der Waals surface area contributed by atoms with Crippen LogP contribution in [-0.4, -0.2) is 47.2 Å². The van der Waals surface area contributed by atoms with Gasteiger partial charge in [0.1, 0.15) is 23.8 Å². The van der Waals surface area contributed by atoms with Gasteiger partial charge in [0.25, 0.3) is 0 Å². The van der Waals surface area contributed by atoms with Gasteiger partial charge in [-0.3, -0.25) is 4.68 Å². The maximum absolute atomic E-state index is 14.8. The minimum atomic E-state index is -0.732. The Labute approximate surface area is 225 Å². The van der Waals surface area contributed by atoms with Crippen LogP contribution in [-0.2, 0) is 4.74 Å². The molecule has 4 heterocycles. The van der Waals surface area contributed by atoms with E-state index in [0.29, 0.717) is 37.8 Å². The van der Waals surface area contributed by atoms with Gasteiger partial charge < -0.3 is 25.3 Å². The maximum Gasteiger partial charge on any atom is 0.166 e. The fourth-order valence-electron chi connectivity index (χ4n) is 4.73. The van der Waals surface area contributed by atoms with E-state index in [1.807, 2.05) is 17.1 Å². The predicted molar refractivity (Wildman–Crippen MR) is 141 cm³/mol. The lowest BCUT2D eigenvalue weighted by molar-refractivity contribution is 0.0254. The number of pyridine rings is 1. The Bertz CT molecular complexity index is 1250. The lowest BCUT2D eigenvalue weighted by Gasteiger charge is -2.26. The van der Waals surface area contributed by atoms with Gasteiger partial charge in [0.2, 0.25) is 0 Å². The van der Waals surface area contributed by atoms with Crippen LogP contribution in [0.4, 0.5) is 10.2 Å². The van der Waals surface area contributed by atoms with Crippen LogP contribution in [0, 0.1) is 5.82 Å². The summed E-state index contributed by atoms with van der Waals surface area (Å²) >= 11 is 13.0. The minimum absolute atomic E-state index is 0.113. The largest absolute Gasteiger partial charge is 0.489 e. The van der Waals surface area contributed by atoms with Crippen LogP contribution < -0.4 is 20.5 Å². The first-order valence-corrected chi connectivity index (χ1v) is 13.3. The van der Waals surface area contributed by atoms with Gasteiger partial charge in [0.15, 0.2) is 11.6 Å². The van der Waals surface area contributed by atoms with Gasteiger partial charge in [0.05, 0.1) is 35.5 Å². The molecule has 198 valence electrons. The van der Waals surface area contributed by atoms with Crippen molar-refractivity contribution in [1.82, 2.24) is 20.1 Å². The summed E-state index contributed by atoms with van der Waals surface area (Å²) in [7, 11) is 0. The van der Waals surface area contributed by atoms with Crippen LogP contribution in [0.15, 0.2) is 30.7 Å². The molecule has 0 bridgehead atoms. The van der Waals surface area contributed by atoms with Gasteiger partial charge in [-0.1, -0.05) is 23.2 Å². The van der Waals surface area contributed by atoms with Gasteiger partial charge in [-0.15, -0.1) is 0 Å². The van der Waals surface area contributed by atoms with Crippen LogP contribution in [0.25, 0.3) is 11.1 Å². The zero-order valence-electron chi connectivity index (χ0n) is 20.6. The number of hydrogen-bond acceptors (Lipinski definition) is 7. The molecule has 1 unspecified atom stereocenters. The topological polar surface area (TPSA) is 96.5 Å². The van der Waals surface area contributed by atoms with Crippen LogP contribution in [0.5, 0.6) is 11.5 Å². The Balaban J connectivity index is 1.37. The highest BCUT2D eigenvalue weighted by molar-refractivity contribution is 6.37. The first kappa shape index (κ1) is 26.0. The molecule has 0 saturated carbocycles. The molecule has 3 N–H and O–H groups in total. The number of nitrogens with zero attached hydrogens (tertiary/aromatic N) is 3. The SMILES string of the molecule is CC(Oc1cc(-c2cnn(C3CCNCC3)c2)cnc1N)c1c(Cl)c(F)cc(OC2CCOCC2)c1Cl. The normalized spacial score (nSPS) is 18.1. The van der Waals surface area contributed by atoms with Gasteiger partial charge in [-0.05, 0) is 38.9 Å². The fraction of sp³-hybridized carbons (Fsp3) is 0.462. The second kappa shape index (κ2) is 11.4. The Hall–Kier alpha value is -2.59. The summed E-state index contributed by atoms with van der Waals surface area (Å²) < 4.78 is 34.3. The standard InChI is InChI=1S/C26H30Cl2FN5O3/c1-15(23-24(27)20(29)11-21(25(23)28)37-19-4-8-35-9-5-19)36-22-10-16(12-32-26(22)30)17-13-33-34(14-17)18-2-6-31-7-3-18/h10-15,18-19,31H,2-9H2,1H3,(H2,30,32). The highest BCUT2D eigenvalue weighted by Crippen LogP contribution is 2.42. The van der Waals surface area contributed by atoms with Crippen molar-refractivity contribution in [3.63, 3.8) is 0 Å².